The number of likely N-dealkylation sites (tertiary alicyclic amines) is 1. The van der Waals surface area contributed by atoms with Crippen LogP contribution in [0, 0.1) is 5.92 Å². The molecular formula is C24H31N3O2. The fourth-order valence-electron chi connectivity index (χ4n) is 3.87. The lowest BCUT2D eigenvalue weighted by molar-refractivity contribution is -0.133. The van der Waals surface area contributed by atoms with E-state index in [4.69, 9.17) is 4.74 Å². The Balaban J connectivity index is 1.30. The Bertz CT molecular complexity index is 768. The summed E-state index contributed by atoms with van der Waals surface area (Å²) >= 11 is 0. The van der Waals surface area contributed by atoms with Gasteiger partial charge in [-0.25, -0.2) is 0 Å². The van der Waals surface area contributed by atoms with Gasteiger partial charge in [-0.15, -0.1) is 0 Å². The van der Waals surface area contributed by atoms with Gasteiger partial charge in [0.15, 0.2) is 0 Å². The summed E-state index contributed by atoms with van der Waals surface area (Å²) in [5.41, 5.74) is 2.05. The van der Waals surface area contributed by atoms with Crippen LogP contribution in [0.2, 0.25) is 0 Å². The Labute approximate surface area is 173 Å². The largest absolute Gasteiger partial charge is 0.492 e. The molecule has 0 spiro atoms. The van der Waals surface area contributed by atoms with Crippen molar-refractivity contribution in [3.8, 4) is 5.75 Å². The number of carbonyl (C=O) groups is 1. The van der Waals surface area contributed by atoms with Crippen molar-refractivity contribution in [3.05, 3.63) is 59.9 Å². The summed E-state index contributed by atoms with van der Waals surface area (Å²) in [5.74, 6) is 1.35. The number of hydrogen-bond donors (Lipinski definition) is 0. The molecule has 4 rings (SSSR count). The lowest BCUT2D eigenvalue weighted by atomic mass is 10.1. The van der Waals surface area contributed by atoms with Gasteiger partial charge >= 0.3 is 0 Å². The van der Waals surface area contributed by atoms with E-state index >= 15 is 0 Å². The molecule has 0 bridgehead atoms. The molecule has 154 valence electrons. The fourth-order valence-corrected chi connectivity index (χ4v) is 3.87. The number of ether oxygens (including phenoxy) is 1. The van der Waals surface area contributed by atoms with Gasteiger partial charge in [-0.3, -0.25) is 14.7 Å². The molecular weight excluding hydrogens is 362 g/mol. The van der Waals surface area contributed by atoms with Crippen LogP contribution in [0.5, 0.6) is 5.75 Å². The molecule has 2 aliphatic rings. The van der Waals surface area contributed by atoms with Crippen LogP contribution in [-0.2, 0) is 17.9 Å². The highest BCUT2D eigenvalue weighted by Gasteiger charge is 2.33. The average Bonchev–Trinajstić information content (AvgIpc) is 3.61. The normalized spacial score (nSPS) is 17.1. The van der Waals surface area contributed by atoms with Crippen molar-refractivity contribution in [2.45, 2.75) is 45.2 Å². The third-order valence-electron chi connectivity index (χ3n) is 5.74. The van der Waals surface area contributed by atoms with Crippen LogP contribution < -0.4 is 4.74 Å². The SMILES string of the molecule is O=C(C1CC1)N(Cc1ccc(OCCN2CCCCC2)cc1)Cc1ccccn1. The van der Waals surface area contributed by atoms with E-state index in [0.717, 1.165) is 43.0 Å². The fraction of sp³-hybridized carbons (Fsp3) is 0.500. The van der Waals surface area contributed by atoms with Crippen LogP contribution in [0.1, 0.15) is 43.4 Å². The molecule has 2 heterocycles. The zero-order chi connectivity index (χ0) is 19.9. The predicted molar refractivity (Wildman–Crippen MR) is 113 cm³/mol. The molecule has 1 aliphatic carbocycles. The standard InChI is InChI=1S/C24H31N3O2/c28-24(21-9-10-21)27(19-22-6-2-3-13-25-22)18-20-7-11-23(12-8-20)29-17-16-26-14-4-1-5-15-26/h2-3,6-8,11-13,21H,1,4-5,9-10,14-19H2. The van der Waals surface area contributed by atoms with Crippen LogP contribution in [0.4, 0.5) is 0 Å². The molecule has 29 heavy (non-hydrogen) atoms. The lowest BCUT2D eigenvalue weighted by Gasteiger charge is -2.26. The van der Waals surface area contributed by atoms with E-state index in [2.05, 4.69) is 22.0 Å². The van der Waals surface area contributed by atoms with E-state index < -0.39 is 0 Å². The summed E-state index contributed by atoms with van der Waals surface area (Å²) in [7, 11) is 0. The highest BCUT2D eigenvalue weighted by molar-refractivity contribution is 5.81. The first-order valence-corrected chi connectivity index (χ1v) is 10.9. The predicted octanol–water partition coefficient (Wildman–Crippen LogP) is 3.89. The maximum atomic E-state index is 12.7. The molecule has 5 nitrogen and oxygen atoms in total. The number of nitrogens with zero attached hydrogens (tertiary/aromatic N) is 3. The zero-order valence-corrected chi connectivity index (χ0v) is 17.1. The molecule has 0 radical (unpaired) electrons. The minimum Gasteiger partial charge on any atom is -0.492 e. The van der Waals surface area contributed by atoms with Crippen LogP contribution in [0.3, 0.4) is 0 Å². The summed E-state index contributed by atoms with van der Waals surface area (Å²) in [6, 6.07) is 14.0. The third-order valence-corrected chi connectivity index (χ3v) is 5.74. The Kier molecular flexibility index (Phi) is 6.78. The second-order valence-electron chi connectivity index (χ2n) is 8.18. The zero-order valence-electron chi connectivity index (χ0n) is 17.1. The molecule has 0 N–H and O–H groups in total. The molecule has 1 aliphatic heterocycles. The van der Waals surface area contributed by atoms with Crippen LogP contribution in [0.15, 0.2) is 48.7 Å². The van der Waals surface area contributed by atoms with Gasteiger partial charge in [0, 0.05) is 25.2 Å². The average molecular weight is 394 g/mol. The Morgan fingerprint density at radius 3 is 2.52 bits per heavy atom. The molecule has 1 aromatic carbocycles. The van der Waals surface area contributed by atoms with Gasteiger partial charge in [-0.2, -0.15) is 0 Å². The van der Waals surface area contributed by atoms with Crippen molar-refractivity contribution in [2.75, 3.05) is 26.2 Å². The van der Waals surface area contributed by atoms with E-state index in [0.29, 0.717) is 13.1 Å². The van der Waals surface area contributed by atoms with Crippen LogP contribution in [0.25, 0.3) is 0 Å². The lowest BCUT2D eigenvalue weighted by Crippen LogP contribution is -2.33. The maximum absolute atomic E-state index is 12.7. The molecule has 0 atom stereocenters. The first kappa shape index (κ1) is 19.9. The smallest absolute Gasteiger partial charge is 0.226 e. The Morgan fingerprint density at radius 1 is 1.03 bits per heavy atom. The van der Waals surface area contributed by atoms with Crippen molar-refractivity contribution in [3.63, 3.8) is 0 Å². The Morgan fingerprint density at radius 2 is 1.83 bits per heavy atom. The Hall–Kier alpha value is -2.40. The van der Waals surface area contributed by atoms with E-state index in [-0.39, 0.29) is 11.8 Å². The molecule has 0 unspecified atom stereocenters. The van der Waals surface area contributed by atoms with Crippen molar-refractivity contribution in [1.82, 2.24) is 14.8 Å². The summed E-state index contributed by atoms with van der Waals surface area (Å²) in [6.07, 6.45) is 7.79. The topological polar surface area (TPSA) is 45.7 Å². The van der Waals surface area contributed by atoms with Gasteiger partial charge in [0.25, 0.3) is 0 Å². The van der Waals surface area contributed by atoms with Crippen molar-refractivity contribution in [2.24, 2.45) is 5.92 Å². The molecule has 5 heteroatoms. The number of amides is 1. The van der Waals surface area contributed by atoms with Crippen molar-refractivity contribution < 1.29 is 9.53 Å². The monoisotopic (exact) mass is 393 g/mol. The van der Waals surface area contributed by atoms with Gasteiger partial charge in [-0.1, -0.05) is 24.6 Å². The molecule has 1 saturated carbocycles. The first-order valence-electron chi connectivity index (χ1n) is 10.9. The van der Waals surface area contributed by atoms with E-state index in [1.807, 2.05) is 35.2 Å². The maximum Gasteiger partial charge on any atom is 0.226 e. The van der Waals surface area contributed by atoms with E-state index in [1.165, 1.54) is 32.4 Å². The highest BCUT2D eigenvalue weighted by atomic mass is 16.5. The number of pyridine rings is 1. The van der Waals surface area contributed by atoms with E-state index in [9.17, 15) is 4.79 Å². The number of carbonyl (C=O) groups excluding carboxylic acids is 1. The second-order valence-corrected chi connectivity index (χ2v) is 8.18. The van der Waals surface area contributed by atoms with Crippen molar-refractivity contribution >= 4 is 5.91 Å². The van der Waals surface area contributed by atoms with E-state index in [1.54, 1.807) is 6.20 Å². The summed E-state index contributed by atoms with van der Waals surface area (Å²) in [4.78, 5) is 21.6. The van der Waals surface area contributed by atoms with Crippen LogP contribution in [-0.4, -0.2) is 46.9 Å². The van der Waals surface area contributed by atoms with Gasteiger partial charge in [-0.05, 0) is 68.6 Å². The minimum atomic E-state index is 0.205. The first-order chi connectivity index (χ1) is 14.3. The number of hydrogen-bond acceptors (Lipinski definition) is 4. The summed E-state index contributed by atoms with van der Waals surface area (Å²) < 4.78 is 5.93. The molecule has 1 aromatic heterocycles. The molecule has 2 aromatic rings. The number of piperidine rings is 1. The van der Waals surface area contributed by atoms with Gasteiger partial charge in [0.2, 0.25) is 5.91 Å². The molecule has 2 fully saturated rings. The number of aromatic nitrogens is 1. The summed E-state index contributed by atoms with van der Waals surface area (Å²) in [6.45, 7) is 5.29. The van der Waals surface area contributed by atoms with Gasteiger partial charge in [0.1, 0.15) is 12.4 Å². The highest BCUT2D eigenvalue weighted by Crippen LogP contribution is 2.32. The number of rotatable bonds is 9. The summed E-state index contributed by atoms with van der Waals surface area (Å²) in [5, 5.41) is 0. The van der Waals surface area contributed by atoms with Crippen molar-refractivity contribution in [1.29, 1.82) is 0 Å². The van der Waals surface area contributed by atoms with Crippen LogP contribution >= 0.6 is 0 Å². The second kappa shape index (κ2) is 9.88. The molecule has 1 amide bonds. The quantitative estimate of drug-likeness (QED) is 0.648. The van der Waals surface area contributed by atoms with Gasteiger partial charge < -0.3 is 9.64 Å². The molecule has 1 saturated heterocycles. The van der Waals surface area contributed by atoms with Gasteiger partial charge in [0.05, 0.1) is 12.2 Å². The third kappa shape index (κ3) is 6.04. The minimum absolute atomic E-state index is 0.205. The number of benzene rings is 1.